The zero-order valence-electron chi connectivity index (χ0n) is 16.7. The Bertz CT molecular complexity index is 930. The fraction of sp³-hybridized carbons (Fsp3) is 0.190. The van der Waals surface area contributed by atoms with Crippen LogP contribution in [0.3, 0.4) is 0 Å². The first-order valence-corrected chi connectivity index (χ1v) is 8.75. The van der Waals surface area contributed by atoms with E-state index in [9.17, 15) is 19.5 Å². The van der Waals surface area contributed by atoms with Crippen LogP contribution in [0.4, 0.5) is 0 Å². The SMILES string of the molecule is COc1cc(C(=O)N/C(=C/c2ccccc2)C(=O)NCC(=O)[O-])cc(OC)c1OC. The summed E-state index contributed by atoms with van der Waals surface area (Å²) in [6.45, 7) is -0.703. The molecule has 0 saturated heterocycles. The van der Waals surface area contributed by atoms with E-state index in [4.69, 9.17) is 14.2 Å². The molecular weight excluding hydrogens is 392 g/mol. The van der Waals surface area contributed by atoms with Crippen LogP contribution in [0.1, 0.15) is 15.9 Å². The summed E-state index contributed by atoms with van der Waals surface area (Å²) in [5.74, 6) is -2.06. The molecule has 9 heteroatoms. The van der Waals surface area contributed by atoms with Gasteiger partial charge in [-0.1, -0.05) is 30.3 Å². The fourth-order valence-electron chi connectivity index (χ4n) is 2.53. The summed E-state index contributed by atoms with van der Waals surface area (Å²) in [5, 5.41) is 15.3. The maximum atomic E-state index is 12.8. The van der Waals surface area contributed by atoms with Crippen molar-refractivity contribution in [2.24, 2.45) is 0 Å². The first kappa shape index (κ1) is 22.3. The molecule has 0 aromatic heterocycles. The smallest absolute Gasteiger partial charge is 0.268 e. The monoisotopic (exact) mass is 413 g/mol. The quantitative estimate of drug-likeness (QED) is 0.568. The molecule has 0 heterocycles. The van der Waals surface area contributed by atoms with Crippen molar-refractivity contribution in [3.63, 3.8) is 0 Å². The van der Waals surface area contributed by atoms with Crippen LogP contribution in [0.15, 0.2) is 48.2 Å². The Labute approximate surface area is 173 Å². The largest absolute Gasteiger partial charge is 0.548 e. The van der Waals surface area contributed by atoms with E-state index in [0.717, 1.165) is 0 Å². The molecule has 0 radical (unpaired) electrons. The van der Waals surface area contributed by atoms with Gasteiger partial charge in [-0.15, -0.1) is 0 Å². The summed E-state index contributed by atoms with van der Waals surface area (Å²) < 4.78 is 15.7. The maximum Gasteiger partial charge on any atom is 0.268 e. The molecule has 2 N–H and O–H groups in total. The lowest BCUT2D eigenvalue weighted by Gasteiger charge is -2.15. The number of hydrogen-bond donors (Lipinski definition) is 2. The lowest BCUT2D eigenvalue weighted by molar-refractivity contribution is -0.303. The number of carboxylic acid groups (broad SMARTS) is 1. The number of rotatable bonds is 9. The third kappa shape index (κ3) is 5.74. The Balaban J connectivity index is 2.37. The van der Waals surface area contributed by atoms with Gasteiger partial charge in [-0.05, 0) is 23.8 Å². The van der Waals surface area contributed by atoms with E-state index in [1.165, 1.54) is 39.5 Å². The lowest BCUT2D eigenvalue weighted by Crippen LogP contribution is -2.41. The van der Waals surface area contributed by atoms with Gasteiger partial charge in [0.2, 0.25) is 5.75 Å². The van der Waals surface area contributed by atoms with Crippen molar-refractivity contribution in [1.29, 1.82) is 0 Å². The Morgan fingerprint density at radius 1 is 0.967 bits per heavy atom. The predicted octanol–water partition coefficient (Wildman–Crippen LogP) is 0.349. The van der Waals surface area contributed by atoms with Gasteiger partial charge in [-0.3, -0.25) is 9.59 Å². The summed E-state index contributed by atoms with van der Waals surface area (Å²) in [5.41, 5.74) is 0.610. The molecule has 0 aliphatic heterocycles. The van der Waals surface area contributed by atoms with E-state index < -0.39 is 24.3 Å². The van der Waals surface area contributed by atoms with Gasteiger partial charge in [0, 0.05) is 5.56 Å². The van der Waals surface area contributed by atoms with Crippen molar-refractivity contribution in [1.82, 2.24) is 10.6 Å². The van der Waals surface area contributed by atoms with Crippen LogP contribution in [0.5, 0.6) is 17.2 Å². The summed E-state index contributed by atoms with van der Waals surface area (Å²) >= 11 is 0. The average Bonchev–Trinajstić information content (AvgIpc) is 2.76. The summed E-state index contributed by atoms with van der Waals surface area (Å²) in [4.78, 5) is 35.9. The van der Waals surface area contributed by atoms with Gasteiger partial charge in [0.25, 0.3) is 11.8 Å². The molecule has 2 amide bonds. The standard InChI is InChI=1S/C21H22N2O7/c1-28-16-10-14(11-17(29-2)19(16)30-3)20(26)23-15(21(27)22-12-18(24)25)9-13-7-5-4-6-8-13/h4-11H,12H2,1-3H3,(H,22,27)(H,23,26)(H,24,25)/p-1/b15-9+. The molecular formula is C21H21N2O7-. The van der Waals surface area contributed by atoms with Crippen LogP contribution in [0.25, 0.3) is 6.08 Å². The minimum absolute atomic E-state index is 0.135. The molecule has 0 unspecified atom stereocenters. The number of aliphatic carboxylic acids is 1. The highest BCUT2D eigenvalue weighted by atomic mass is 16.5. The van der Waals surface area contributed by atoms with Gasteiger partial charge in [-0.2, -0.15) is 0 Å². The van der Waals surface area contributed by atoms with Gasteiger partial charge in [0.15, 0.2) is 11.5 Å². The average molecular weight is 413 g/mol. The molecule has 30 heavy (non-hydrogen) atoms. The van der Waals surface area contributed by atoms with Crippen LogP contribution in [-0.2, 0) is 9.59 Å². The highest BCUT2D eigenvalue weighted by molar-refractivity contribution is 6.06. The number of carboxylic acids is 1. The molecule has 0 saturated carbocycles. The number of hydrogen-bond acceptors (Lipinski definition) is 7. The molecule has 0 atom stereocenters. The van der Waals surface area contributed by atoms with E-state index in [0.29, 0.717) is 11.3 Å². The van der Waals surface area contributed by atoms with E-state index in [1.54, 1.807) is 30.3 Å². The number of nitrogens with one attached hydrogen (secondary N) is 2. The fourth-order valence-corrected chi connectivity index (χ4v) is 2.53. The van der Waals surface area contributed by atoms with Gasteiger partial charge < -0.3 is 34.7 Å². The normalized spacial score (nSPS) is 10.7. The van der Waals surface area contributed by atoms with Crippen molar-refractivity contribution in [2.75, 3.05) is 27.9 Å². The number of ether oxygens (including phenoxy) is 3. The van der Waals surface area contributed by atoms with Crippen LogP contribution in [-0.4, -0.2) is 45.7 Å². The van der Waals surface area contributed by atoms with Crippen LogP contribution in [0, 0.1) is 0 Å². The van der Waals surface area contributed by atoms with Crippen molar-refractivity contribution >= 4 is 23.9 Å². The minimum atomic E-state index is -1.46. The molecule has 0 aliphatic carbocycles. The Morgan fingerprint density at radius 2 is 1.57 bits per heavy atom. The number of carbonyl (C=O) groups excluding carboxylic acids is 3. The zero-order chi connectivity index (χ0) is 22.1. The van der Waals surface area contributed by atoms with Crippen molar-refractivity contribution in [3.05, 3.63) is 59.3 Å². The molecule has 0 fully saturated rings. The van der Waals surface area contributed by atoms with Crippen LogP contribution in [0.2, 0.25) is 0 Å². The van der Waals surface area contributed by atoms with Crippen molar-refractivity contribution in [2.45, 2.75) is 0 Å². The van der Waals surface area contributed by atoms with Gasteiger partial charge in [0.1, 0.15) is 5.70 Å². The van der Waals surface area contributed by atoms with Gasteiger partial charge >= 0.3 is 0 Å². The van der Waals surface area contributed by atoms with Gasteiger partial charge in [-0.25, -0.2) is 0 Å². The number of methoxy groups -OCH3 is 3. The lowest BCUT2D eigenvalue weighted by atomic mass is 10.1. The number of benzene rings is 2. The second kappa shape index (κ2) is 10.5. The molecule has 2 aromatic rings. The van der Waals surface area contributed by atoms with Gasteiger partial charge in [0.05, 0.1) is 33.8 Å². The topological polar surface area (TPSA) is 126 Å². The van der Waals surface area contributed by atoms with Crippen LogP contribution < -0.4 is 30.0 Å². The predicted molar refractivity (Wildman–Crippen MR) is 106 cm³/mol. The summed E-state index contributed by atoms with van der Waals surface area (Å²) in [6, 6.07) is 11.6. The second-order valence-corrected chi connectivity index (χ2v) is 5.89. The number of carbonyl (C=O) groups is 3. The molecule has 9 nitrogen and oxygen atoms in total. The molecule has 0 bridgehead atoms. The van der Waals surface area contributed by atoms with E-state index in [-0.39, 0.29) is 22.8 Å². The van der Waals surface area contributed by atoms with Crippen LogP contribution >= 0.6 is 0 Å². The number of amides is 2. The third-order valence-corrected chi connectivity index (χ3v) is 3.92. The third-order valence-electron chi connectivity index (χ3n) is 3.92. The second-order valence-electron chi connectivity index (χ2n) is 5.89. The van der Waals surface area contributed by atoms with E-state index in [2.05, 4.69) is 10.6 Å². The first-order chi connectivity index (χ1) is 14.4. The maximum absolute atomic E-state index is 12.8. The molecule has 2 aromatic carbocycles. The first-order valence-electron chi connectivity index (χ1n) is 8.75. The molecule has 0 aliphatic rings. The van der Waals surface area contributed by atoms with E-state index >= 15 is 0 Å². The zero-order valence-corrected chi connectivity index (χ0v) is 16.7. The molecule has 158 valence electrons. The highest BCUT2D eigenvalue weighted by Crippen LogP contribution is 2.38. The van der Waals surface area contributed by atoms with Crippen molar-refractivity contribution in [3.8, 4) is 17.2 Å². The minimum Gasteiger partial charge on any atom is -0.548 e. The Morgan fingerprint density at radius 3 is 2.07 bits per heavy atom. The van der Waals surface area contributed by atoms with Crippen molar-refractivity contribution < 1.29 is 33.7 Å². The summed E-state index contributed by atoms with van der Waals surface area (Å²) in [6.07, 6.45) is 1.42. The Kier molecular flexibility index (Phi) is 7.81. The summed E-state index contributed by atoms with van der Waals surface area (Å²) in [7, 11) is 4.25. The highest BCUT2D eigenvalue weighted by Gasteiger charge is 2.19. The molecule has 0 spiro atoms. The van der Waals surface area contributed by atoms with E-state index in [1.807, 2.05) is 0 Å². The molecule has 2 rings (SSSR count). The Hall–Kier alpha value is -4.01.